The fraction of sp³-hybridized carbons (Fsp3) is 1.00. The van der Waals surface area contributed by atoms with Gasteiger partial charge < -0.3 is 0 Å². The Morgan fingerprint density at radius 2 is 1.50 bits per heavy atom. The Morgan fingerprint density at radius 3 is 2.43 bits per heavy atom. The van der Waals surface area contributed by atoms with E-state index < -0.39 is 0 Å². The molecule has 0 spiro atoms. The van der Waals surface area contributed by atoms with E-state index in [2.05, 4.69) is 0 Å². The van der Waals surface area contributed by atoms with Gasteiger partial charge >= 0.3 is 0 Å². The summed E-state index contributed by atoms with van der Waals surface area (Å²) in [4.78, 5) is 0. The molecule has 5 unspecified atom stereocenters. The van der Waals surface area contributed by atoms with E-state index in [1.165, 1.54) is 51.4 Å². The third-order valence-corrected chi connectivity index (χ3v) is 5.27. The molecular formula is C13H21B. The standard InChI is InChI=1S/C13H21B/c14-13-7-3-6-11-10-5-2-1-4-9(10)8-12(11)13/h9-13H,1-8H2. The van der Waals surface area contributed by atoms with Gasteiger partial charge in [-0.1, -0.05) is 37.9 Å². The van der Waals surface area contributed by atoms with E-state index in [0.717, 1.165) is 23.7 Å². The Kier molecular flexibility index (Phi) is 2.38. The molecule has 3 rings (SSSR count). The summed E-state index contributed by atoms with van der Waals surface area (Å²) >= 11 is 0. The molecule has 0 saturated heterocycles. The zero-order valence-corrected chi connectivity index (χ0v) is 9.12. The second kappa shape index (κ2) is 3.57. The molecule has 0 bridgehead atoms. The summed E-state index contributed by atoms with van der Waals surface area (Å²) in [5.41, 5.74) is 0. The van der Waals surface area contributed by atoms with E-state index in [-0.39, 0.29) is 0 Å². The molecule has 0 aromatic carbocycles. The Balaban J connectivity index is 1.79. The summed E-state index contributed by atoms with van der Waals surface area (Å²) in [6.07, 6.45) is 11.7. The first-order valence-electron chi connectivity index (χ1n) is 6.62. The molecule has 3 fully saturated rings. The van der Waals surface area contributed by atoms with Gasteiger partial charge in [0.05, 0.1) is 7.85 Å². The van der Waals surface area contributed by atoms with Crippen LogP contribution in [0.5, 0.6) is 0 Å². The molecule has 5 atom stereocenters. The van der Waals surface area contributed by atoms with Gasteiger partial charge in [0.25, 0.3) is 0 Å². The number of hydrogen-bond donors (Lipinski definition) is 0. The molecule has 0 aromatic rings. The third-order valence-electron chi connectivity index (χ3n) is 5.27. The Labute approximate surface area is 89.3 Å². The van der Waals surface area contributed by atoms with Crippen LogP contribution in [0.1, 0.15) is 51.4 Å². The highest BCUT2D eigenvalue weighted by Crippen LogP contribution is 2.56. The van der Waals surface area contributed by atoms with Crippen molar-refractivity contribution in [1.29, 1.82) is 0 Å². The van der Waals surface area contributed by atoms with Crippen molar-refractivity contribution >= 4 is 7.85 Å². The van der Waals surface area contributed by atoms with Gasteiger partial charge in [0.1, 0.15) is 0 Å². The van der Waals surface area contributed by atoms with Crippen LogP contribution < -0.4 is 0 Å². The quantitative estimate of drug-likeness (QED) is 0.510. The number of hydrogen-bond acceptors (Lipinski definition) is 0. The maximum Gasteiger partial charge on any atom is 0.0703 e. The molecule has 1 heteroatoms. The first-order valence-corrected chi connectivity index (χ1v) is 6.62. The zero-order valence-electron chi connectivity index (χ0n) is 9.12. The minimum Gasteiger partial charge on any atom is -0.0743 e. The van der Waals surface area contributed by atoms with E-state index in [1.54, 1.807) is 0 Å². The highest BCUT2D eigenvalue weighted by atomic mass is 14.5. The van der Waals surface area contributed by atoms with Gasteiger partial charge in [-0.2, -0.15) is 0 Å². The molecule has 0 aromatic heterocycles. The maximum atomic E-state index is 6.27. The Morgan fingerprint density at radius 1 is 0.714 bits per heavy atom. The number of fused-ring (bicyclic) bond motifs is 3. The van der Waals surface area contributed by atoms with Crippen LogP contribution in [-0.2, 0) is 0 Å². The van der Waals surface area contributed by atoms with Crippen molar-refractivity contribution in [2.75, 3.05) is 0 Å². The van der Waals surface area contributed by atoms with Gasteiger partial charge in [0, 0.05) is 0 Å². The summed E-state index contributed by atoms with van der Waals surface area (Å²) < 4.78 is 0. The largest absolute Gasteiger partial charge is 0.0743 e. The molecule has 0 nitrogen and oxygen atoms in total. The van der Waals surface area contributed by atoms with Crippen LogP contribution in [0.3, 0.4) is 0 Å². The van der Waals surface area contributed by atoms with E-state index >= 15 is 0 Å². The minimum atomic E-state index is 0.555. The average Bonchev–Trinajstić information content (AvgIpc) is 2.59. The van der Waals surface area contributed by atoms with Gasteiger partial charge in [-0.3, -0.25) is 0 Å². The van der Waals surface area contributed by atoms with Gasteiger partial charge in [0.2, 0.25) is 0 Å². The topological polar surface area (TPSA) is 0 Å². The molecule has 0 amide bonds. The Bertz CT molecular complexity index is 211. The van der Waals surface area contributed by atoms with E-state index in [1.807, 2.05) is 0 Å². The molecule has 14 heavy (non-hydrogen) atoms. The summed E-state index contributed by atoms with van der Waals surface area (Å²) in [6.45, 7) is 0. The monoisotopic (exact) mass is 188 g/mol. The van der Waals surface area contributed by atoms with Crippen LogP contribution >= 0.6 is 0 Å². The molecule has 3 aliphatic rings. The fourth-order valence-electron chi connectivity index (χ4n) is 4.66. The normalized spacial score (nSPS) is 52.4. The predicted molar refractivity (Wildman–Crippen MR) is 60.4 cm³/mol. The van der Waals surface area contributed by atoms with E-state index in [9.17, 15) is 0 Å². The van der Waals surface area contributed by atoms with E-state index in [4.69, 9.17) is 7.85 Å². The van der Waals surface area contributed by atoms with Crippen molar-refractivity contribution < 1.29 is 0 Å². The molecule has 0 aliphatic heterocycles. The summed E-state index contributed by atoms with van der Waals surface area (Å²) in [7, 11) is 6.27. The van der Waals surface area contributed by atoms with Crippen molar-refractivity contribution in [3.63, 3.8) is 0 Å². The van der Waals surface area contributed by atoms with Crippen LogP contribution in [0, 0.1) is 23.7 Å². The lowest BCUT2D eigenvalue weighted by Gasteiger charge is -2.35. The summed E-state index contributed by atoms with van der Waals surface area (Å²) in [6, 6.07) is 0. The first kappa shape index (κ1) is 9.30. The molecule has 0 N–H and O–H groups in total. The van der Waals surface area contributed by atoms with Gasteiger partial charge in [0.15, 0.2) is 0 Å². The van der Waals surface area contributed by atoms with Gasteiger partial charge in [-0.15, -0.1) is 0 Å². The highest BCUT2D eigenvalue weighted by Gasteiger charge is 2.46. The molecule has 2 radical (unpaired) electrons. The smallest absolute Gasteiger partial charge is 0.0703 e. The zero-order chi connectivity index (χ0) is 9.54. The SMILES string of the molecule is [B]C1CCCC2C1CC1CCCCC12. The average molecular weight is 188 g/mol. The second-order valence-electron chi connectivity index (χ2n) is 5.87. The lowest BCUT2D eigenvalue weighted by atomic mass is 9.63. The third kappa shape index (κ3) is 1.35. The second-order valence-corrected chi connectivity index (χ2v) is 5.87. The van der Waals surface area contributed by atoms with Crippen molar-refractivity contribution in [3.05, 3.63) is 0 Å². The molecule has 0 heterocycles. The molecule has 76 valence electrons. The summed E-state index contributed by atoms with van der Waals surface area (Å²) in [5, 5.41) is 0. The molecule has 3 aliphatic carbocycles. The highest BCUT2D eigenvalue weighted by molar-refractivity contribution is 6.11. The van der Waals surface area contributed by atoms with Crippen molar-refractivity contribution in [2.45, 2.75) is 57.2 Å². The molecule has 3 saturated carbocycles. The summed E-state index contributed by atoms with van der Waals surface area (Å²) in [5.74, 6) is 4.66. The van der Waals surface area contributed by atoms with Gasteiger partial charge in [-0.25, -0.2) is 0 Å². The van der Waals surface area contributed by atoms with Crippen molar-refractivity contribution in [1.82, 2.24) is 0 Å². The van der Waals surface area contributed by atoms with Crippen LogP contribution in [0.2, 0.25) is 5.82 Å². The number of rotatable bonds is 0. The molecular weight excluding hydrogens is 167 g/mol. The minimum absolute atomic E-state index is 0.555. The van der Waals surface area contributed by atoms with E-state index in [0.29, 0.717) is 5.82 Å². The van der Waals surface area contributed by atoms with Crippen molar-refractivity contribution in [3.8, 4) is 0 Å². The van der Waals surface area contributed by atoms with Crippen LogP contribution in [0.15, 0.2) is 0 Å². The van der Waals surface area contributed by atoms with Crippen LogP contribution in [-0.4, -0.2) is 7.85 Å². The van der Waals surface area contributed by atoms with Gasteiger partial charge in [-0.05, 0) is 42.9 Å². The first-order chi connectivity index (χ1) is 6.86. The van der Waals surface area contributed by atoms with Crippen molar-refractivity contribution in [2.24, 2.45) is 23.7 Å². The maximum absolute atomic E-state index is 6.27. The fourth-order valence-corrected chi connectivity index (χ4v) is 4.66. The lowest BCUT2D eigenvalue weighted by Crippen LogP contribution is -2.25. The Hall–Kier alpha value is 0.0649. The lowest BCUT2D eigenvalue weighted by molar-refractivity contribution is 0.184. The predicted octanol–water partition coefficient (Wildman–Crippen LogP) is 3.57. The van der Waals surface area contributed by atoms with Crippen LogP contribution in [0.4, 0.5) is 0 Å². The van der Waals surface area contributed by atoms with Crippen LogP contribution in [0.25, 0.3) is 0 Å².